The van der Waals surface area contributed by atoms with Crippen molar-refractivity contribution in [3.05, 3.63) is 27.8 Å². The monoisotopic (exact) mass is 371 g/mol. The highest BCUT2D eigenvalue weighted by Gasteiger charge is 2.30. The second-order valence-electron chi connectivity index (χ2n) is 5.87. The summed E-state index contributed by atoms with van der Waals surface area (Å²) in [6.07, 6.45) is 1.86. The van der Waals surface area contributed by atoms with E-state index in [-0.39, 0.29) is 11.3 Å². The number of amides is 1. The van der Waals surface area contributed by atoms with Crippen molar-refractivity contribution in [2.45, 2.75) is 44.4 Å². The van der Waals surface area contributed by atoms with Gasteiger partial charge < -0.3 is 4.52 Å². The normalized spacial score (nSPS) is 12.5. The van der Waals surface area contributed by atoms with Crippen molar-refractivity contribution in [3.8, 4) is 0 Å². The van der Waals surface area contributed by atoms with Crippen LogP contribution in [-0.4, -0.2) is 20.4 Å². The first-order valence-electron chi connectivity index (χ1n) is 6.51. The van der Waals surface area contributed by atoms with Gasteiger partial charge >= 0.3 is 0 Å². The van der Waals surface area contributed by atoms with E-state index in [1.165, 1.54) is 0 Å². The van der Waals surface area contributed by atoms with Crippen molar-refractivity contribution in [1.29, 1.82) is 0 Å². The summed E-state index contributed by atoms with van der Waals surface area (Å²) in [7, 11) is 0. The van der Waals surface area contributed by atoms with Gasteiger partial charge in [-0.25, -0.2) is 4.98 Å². The lowest BCUT2D eigenvalue weighted by molar-refractivity contribution is -0.117. The van der Waals surface area contributed by atoms with Crippen LogP contribution in [0.5, 0.6) is 0 Å². The third-order valence-electron chi connectivity index (χ3n) is 3.16. The predicted octanol–water partition coefficient (Wildman–Crippen LogP) is 3.88. The fourth-order valence-corrected chi connectivity index (χ4v) is 2.65. The first-order valence-corrected chi connectivity index (χ1v) is 8.12. The Bertz CT molecular complexity index is 655. The van der Waals surface area contributed by atoms with Crippen LogP contribution in [0.4, 0.5) is 5.88 Å². The highest BCUT2D eigenvalue weighted by atomic mass is 79.9. The molecule has 21 heavy (non-hydrogen) atoms. The number of hydrogen-bond donors (Lipinski definition) is 1. The minimum absolute atomic E-state index is 0.184. The zero-order chi connectivity index (χ0) is 15.8. The first kappa shape index (κ1) is 16.2. The minimum Gasteiger partial charge on any atom is -0.338 e. The fourth-order valence-electron chi connectivity index (χ4n) is 1.67. The molecule has 0 aliphatic rings. The van der Waals surface area contributed by atoms with Gasteiger partial charge in [-0.2, -0.15) is 0 Å². The van der Waals surface area contributed by atoms with Crippen LogP contribution in [0.2, 0.25) is 0 Å². The van der Waals surface area contributed by atoms with Crippen molar-refractivity contribution in [2.75, 3.05) is 5.32 Å². The lowest BCUT2D eigenvalue weighted by atomic mass is 9.88. The molecule has 1 N–H and O–H groups in total. The van der Waals surface area contributed by atoms with Crippen molar-refractivity contribution >= 4 is 39.1 Å². The number of carbonyl (C=O) groups is 1. The van der Waals surface area contributed by atoms with Gasteiger partial charge in [0.05, 0.1) is 15.0 Å². The van der Waals surface area contributed by atoms with Crippen molar-refractivity contribution in [3.63, 3.8) is 0 Å². The predicted molar refractivity (Wildman–Crippen MR) is 87.1 cm³/mol. The quantitative estimate of drug-likeness (QED) is 0.828. The van der Waals surface area contributed by atoms with Crippen molar-refractivity contribution < 1.29 is 9.32 Å². The van der Waals surface area contributed by atoms with E-state index in [0.717, 1.165) is 15.6 Å². The summed E-state index contributed by atoms with van der Waals surface area (Å²) in [6, 6.07) is 1.76. The number of carbonyl (C=O) groups excluding carboxylic acids is 1. The first-order chi connectivity index (χ1) is 9.60. The number of nitrogens with zero attached hydrogens (tertiary/aromatic N) is 2. The molecule has 2 aromatic rings. The number of aryl methyl sites for hydroxylation is 1. The molecule has 2 aromatic heterocycles. The summed E-state index contributed by atoms with van der Waals surface area (Å²) in [6.45, 7) is 9.61. The molecule has 0 aliphatic carbocycles. The largest absolute Gasteiger partial charge is 0.338 e. The summed E-state index contributed by atoms with van der Waals surface area (Å²) in [5, 5.41) is 7.80. The number of alkyl halides is 1. The van der Waals surface area contributed by atoms with E-state index in [2.05, 4.69) is 45.2 Å². The molecule has 0 saturated carbocycles. The summed E-state index contributed by atoms with van der Waals surface area (Å²) in [5.74, 6) is 0.161. The molecule has 0 aromatic carbocycles. The van der Waals surface area contributed by atoms with Crippen molar-refractivity contribution in [1.82, 2.24) is 10.1 Å². The fraction of sp³-hybridized carbons (Fsp3) is 0.500. The Labute approximate surface area is 136 Å². The molecule has 0 saturated heterocycles. The highest BCUT2D eigenvalue weighted by Crippen LogP contribution is 2.35. The zero-order valence-corrected chi connectivity index (χ0v) is 15.1. The summed E-state index contributed by atoms with van der Waals surface area (Å²) >= 11 is 4.94. The van der Waals surface area contributed by atoms with E-state index >= 15 is 0 Å². The van der Waals surface area contributed by atoms with Crippen LogP contribution >= 0.6 is 27.3 Å². The number of thiazole rings is 1. The Morgan fingerprint density at radius 1 is 1.38 bits per heavy atom. The molecular weight excluding hydrogens is 354 g/mol. The number of nitrogens with one attached hydrogen (secondary N) is 1. The van der Waals surface area contributed by atoms with Crippen LogP contribution in [0, 0.1) is 6.92 Å². The molecule has 2 heterocycles. The summed E-state index contributed by atoms with van der Waals surface area (Å²) < 4.78 is 4.56. The van der Waals surface area contributed by atoms with Crippen LogP contribution < -0.4 is 5.32 Å². The lowest BCUT2D eigenvalue weighted by Gasteiger charge is -2.18. The summed E-state index contributed by atoms with van der Waals surface area (Å²) in [5.41, 5.74) is 0.441. The third kappa shape index (κ3) is 3.52. The van der Waals surface area contributed by atoms with Gasteiger partial charge in [0, 0.05) is 22.6 Å². The zero-order valence-electron chi connectivity index (χ0n) is 12.7. The van der Waals surface area contributed by atoms with Crippen LogP contribution in [-0.2, 0) is 10.2 Å². The van der Waals surface area contributed by atoms with Crippen LogP contribution in [0.15, 0.2) is 16.8 Å². The molecule has 114 valence electrons. The Balaban J connectivity index is 2.21. The molecule has 7 heteroatoms. The maximum Gasteiger partial charge on any atom is 0.243 e. The Hall–Kier alpha value is -1.21. The molecule has 0 bridgehead atoms. The minimum atomic E-state index is -0.662. The van der Waals surface area contributed by atoms with Gasteiger partial charge in [0.15, 0.2) is 0 Å². The van der Waals surface area contributed by atoms with Crippen LogP contribution in [0.25, 0.3) is 0 Å². The molecular formula is C14H18BrN3O2S. The van der Waals surface area contributed by atoms with Gasteiger partial charge in [0.2, 0.25) is 11.8 Å². The molecule has 0 spiro atoms. The van der Waals surface area contributed by atoms with E-state index in [9.17, 15) is 4.79 Å². The maximum absolute atomic E-state index is 11.9. The maximum atomic E-state index is 11.9. The number of anilines is 1. The van der Waals surface area contributed by atoms with E-state index in [0.29, 0.717) is 5.88 Å². The molecule has 0 radical (unpaired) electrons. The molecule has 5 nitrogen and oxygen atoms in total. The third-order valence-corrected chi connectivity index (χ3v) is 4.76. The number of halogens is 1. The second kappa shape index (κ2) is 5.53. The smallest absolute Gasteiger partial charge is 0.243 e. The molecule has 0 aliphatic heterocycles. The van der Waals surface area contributed by atoms with Gasteiger partial charge in [0.1, 0.15) is 0 Å². The van der Waals surface area contributed by atoms with Gasteiger partial charge in [0.25, 0.3) is 0 Å². The molecule has 0 unspecified atom stereocenters. The van der Waals surface area contributed by atoms with Gasteiger partial charge in [-0.3, -0.25) is 10.1 Å². The Kier molecular flexibility index (Phi) is 4.26. The van der Waals surface area contributed by atoms with E-state index in [1.807, 2.05) is 13.1 Å². The van der Waals surface area contributed by atoms with Crippen LogP contribution in [0.1, 0.15) is 43.3 Å². The van der Waals surface area contributed by atoms with Crippen LogP contribution in [0.3, 0.4) is 0 Å². The SMILES string of the molecule is Cc1ncc(C(C)(C)c2cc(NC(=O)C(C)(C)Br)on2)s1. The standard InChI is InChI=1S/C14H18BrN3O2S/c1-8-16-7-10(21-8)13(2,3)9-6-11(20-18-9)17-12(19)14(4,5)15/h6-7H,1-5H3,(H,17,19). The second-order valence-corrected chi connectivity index (χ2v) is 9.09. The Morgan fingerprint density at radius 3 is 2.57 bits per heavy atom. The Morgan fingerprint density at radius 2 is 2.05 bits per heavy atom. The van der Waals surface area contributed by atoms with Crippen molar-refractivity contribution in [2.24, 2.45) is 0 Å². The average molecular weight is 372 g/mol. The molecule has 0 fully saturated rings. The van der Waals surface area contributed by atoms with E-state index < -0.39 is 4.32 Å². The summed E-state index contributed by atoms with van der Waals surface area (Å²) in [4.78, 5) is 17.3. The van der Waals surface area contributed by atoms with Gasteiger partial charge in [-0.05, 0) is 34.6 Å². The average Bonchev–Trinajstić information content (AvgIpc) is 2.97. The molecule has 0 atom stereocenters. The molecule has 1 amide bonds. The number of hydrogen-bond acceptors (Lipinski definition) is 5. The van der Waals surface area contributed by atoms with Gasteiger partial charge in [-0.15, -0.1) is 11.3 Å². The van der Waals surface area contributed by atoms with Gasteiger partial charge in [-0.1, -0.05) is 21.1 Å². The number of aromatic nitrogens is 2. The lowest BCUT2D eigenvalue weighted by Crippen LogP contribution is -2.30. The number of rotatable bonds is 4. The topological polar surface area (TPSA) is 68.0 Å². The van der Waals surface area contributed by atoms with E-state index in [4.69, 9.17) is 4.52 Å². The van der Waals surface area contributed by atoms with E-state index in [1.54, 1.807) is 31.3 Å². The highest BCUT2D eigenvalue weighted by molar-refractivity contribution is 9.10. The molecule has 2 rings (SSSR count).